The van der Waals surface area contributed by atoms with E-state index in [1.807, 2.05) is 20.8 Å². The van der Waals surface area contributed by atoms with E-state index in [-0.39, 0.29) is 48.2 Å². The van der Waals surface area contributed by atoms with E-state index in [1.165, 1.54) is 6.07 Å². The molecule has 10 heteroatoms. The van der Waals surface area contributed by atoms with E-state index in [0.29, 0.717) is 36.8 Å². The Morgan fingerprint density at radius 1 is 1.24 bits per heavy atom. The molecule has 0 saturated heterocycles. The first-order valence-corrected chi connectivity index (χ1v) is 9.30. The van der Waals surface area contributed by atoms with Gasteiger partial charge in [0, 0.05) is 44.2 Å². The maximum Gasteiger partial charge on any atom is 0.387 e. The lowest BCUT2D eigenvalue weighted by atomic mass is 10.2. The van der Waals surface area contributed by atoms with E-state index in [2.05, 4.69) is 25.7 Å². The van der Waals surface area contributed by atoms with Crippen LogP contribution >= 0.6 is 24.0 Å². The van der Waals surface area contributed by atoms with Crippen LogP contribution in [0.15, 0.2) is 23.2 Å². The molecule has 1 aromatic carbocycles. The highest BCUT2D eigenvalue weighted by Gasteiger charge is 2.12. The van der Waals surface area contributed by atoms with Crippen LogP contribution in [0.4, 0.5) is 8.78 Å². The van der Waals surface area contributed by atoms with Crippen LogP contribution in [-0.4, -0.2) is 44.7 Å². The van der Waals surface area contributed by atoms with Crippen LogP contribution in [-0.2, 0) is 11.3 Å². The maximum absolute atomic E-state index is 12.7. The summed E-state index contributed by atoms with van der Waals surface area (Å²) in [6, 6.07) is 4.91. The Bertz CT molecular complexity index is 646. The third-order valence-corrected chi connectivity index (χ3v) is 3.49. The van der Waals surface area contributed by atoms with Gasteiger partial charge in [-0.25, -0.2) is 0 Å². The summed E-state index contributed by atoms with van der Waals surface area (Å²) in [4.78, 5) is 15.7. The fraction of sp³-hybridized carbons (Fsp3) is 0.579. The zero-order chi connectivity index (χ0) is 20.9. The molecule has 1 rings (SSSR count). The number of ether oxygens (including phenoxy) is 2. The highest BCUT2D eigenvalue weighted by molar-refractivity contribution is 14.0. The predicted octanol–water partition coefficient (Wildman–Crippen LogP) is 3.27. The molecule has 0 aliphatic heterocycles. The van der Waals surface area contributed by atoms with Crippen molar-refractivity contribution in [2.45, 2.75) is 52.8 Å². The van der Waals surface area contributed by atoms with Gasteiger partial charge < -0.3 is 25.4 Å². The number of carbonyl (C=O) groups excluding carboxylic acids is 1. The molecule has 1 aromatic rings. The number of guanidine groups is 1. The van der Waals surface area contributed by atoms with E-state index < -0.39 is 6.61 Å². The van der Waals surface area contributed by atoms with Crippen molar-refractivity contribution in [3.8, 4) is 11.5 Å². The fourth-order valence-electron chi connectivity index (χ4n) is 2.28. The minimum Gasteiger partial charge on any atom is -0.493 e. The van der Waals surface area contributed by atoms with Gasteiger partial charge in [-0.3, -0.25) is 9.79 Å². The van der Waals surface area contributed by atoms with Crippen molar-refractivity contribution in [2.24, 2.45) is 4.99 Å². The third-order valence-electron chi connectivity index (χ3n) is 3.49. The number of rotatable bonds is 11. The maximum atomic E-state index is 12.7. The number of benzene rings is 1. The largest absolute Gasteiger partial charge is 0.493 e. The van der Waals surface area contributed by atoms with Gasteiger partial charge in [0.15, 0.2) is 5.96 Å². The molecule has 3 N–H and O–H groups in total. The normalized spacial score (nSPS) is 11.1. The first-order valence-electron chi connectivity index (χ1n) is 9.30. The number of hydrogen-bond donors (Lipinski definition) is 3. The van der Waals surface area contributed by atoms with Crippen molar-refractivity contribution in [1.82, 2.24) is 16.0 Å². The number of amides is 1. The van der Waals surface area contributed by atoms with Crippen molar-refractivity contribution in [1.29, 1.82) is 0 Å². The highest BCUT2D eigenvalue weighted by Crippen LogP contribution is 2.26. The molecule has 0 fully saturated rings. The Morgan fingerprint density at radius 3 is 2.55 bits per heavy atom. The van der Waals surface area contributed by atoms with Crippen LogP contribution in [0.3, 0.4) is 0 Å². The van der Waals surface area contributed by atoms with Gasteiger partial charge in [0.1, 0.15) is 11.5 Å². The summed E-state index contributed by atoms with van der Waals surface area (Å²) in [7, 11) is 1.59. The second kappa shape index (κ2) is 15.1. The van der Waals surface area contributed by atoms with Crippen molar-refractivity contribution in [2.75, 3.05) is 20.2 Å². The molecule has 166 valence electrons. The molecule has 0 saturated carbocycles. The molecule has 0 radical (unpaired) electrons. The van der Waals surface area contributed by atoms with Crippen molar-refractivity contribution >= 4 is 35.8 Å². The van der Waals surface area contributed by atoms with Gasteiger partial charge in [-0.15, -0.1) is 24.0 Å². The van der Waals surface area contributed by atoms with Gasteiger partial charge in [0.05, 0.1) is 6.61 Å². The number of alkyl halides is 2. The minimum atomic E-state index is -2.93. The van der Waals surface area contributed by atoms with Crippen LogP contribution in [0.25, 0.3) is 0 Å². The minimum absolute atomic E-state index is 0. The molecule has 0 aliphatic carbocycles. The summed E-state index contributed by atoms with van der Waals surface area (Å²) in [5.74, 6) is 0.905. The summed E-state index contributed by atoms with van der Waals surface area (Å²) in [5, 5.41) is 8.82. The second-order valence-corrected chi connectivity index (χ2v) is 6.32. The Morgan fingerprint density at radius 2 is 1.97 bits per heavy atom. The second-order valence-electron chi connectivity index (χ2n) is 6.32. The molecule has 0 atom stereocenters. The zero-order valence-electron chi connectivity index (χ0n) is 17.3. The molecule has 7 nitrogen and oxygen atoms in total. The van der Waals surface area contributed by atoms with Gasteiger partial charge in [0.25, 0.3) is 0 Å². The van der Waals surface area contributed by atoms with Gasteiger partial charge in [-0.05, 0) is 32.4 Å². The molecule has 0 bridgehead atoms. The Kier molecular flexibility index (Phi) is 14.1. The SMILES string of the molecule is CCCOc1ccc(CNC(=NC)NCCC(=O)NC(C)C)c(OC(F)F)c1.I. The molecule has 0 unspecified atom stereocenters. The first kappa shape index (κ1) is 27.1. The van der Waals surface area contributed by atoms with Crippen LogP contribution in [0.5, 0.6) is 11.5 Å². The van der Waals surface area contributed by atoms with E-state index in [1.54, 1.807) is 19.2 Å². The van der Waals surface area contributed by atoms with Crippen LogP contribution in [0.1, 0.15) is 39.2 Å². The summed E-state index contributed by atoms with van der Waals surface area (Å²) in [6.07, 6.45) is 1.10. The average molecular weight is 528 g/mol. The van der Waals surface area contributed by atoms with Gasteiger partial charge in [-0.1, -0.05) is 6.92 Å². The Balaban J connectivity index is 0.00000784. The lowest BCUT2D eigenvalue weighted by Crippen LogP contribution is -2.39. The summed E-state index contributed by atoms with van der Waals surface area (Å²) >= 11 is 0. The number of aliphatic imine (C=N–C) groups is 1. The molecule has 0 heterocycles. The number of halogens is 3. The molecular formula is C19H31F2IN4O3. The average Bonchev–Trinajstić information content (AvgIpc) is 2.62. The Labute approximate surface area is 188 Å². The van der Waals surface area contributed by atoms with E-state index in [0.717, 1.165) is 6.42 Å². The number of carbonyl (C=O) groups is 1. The van der Waals surface area contributed by atoms with Gasteiger partial charge >= 0.3 is 6.61 Å². The molecule has 0 aliphatic rings. The van der Waals surface area contributed by atoms with Gasteiger partial charge in [-0.2, -0.15) is 8.78 Å². The number of nitrogens with zero attached hydrogens (tertiary/aromatic N) is 1. The van der Waals surface area contributed by atoms with E-state index in [4.69, 9.17) is 4.74 Å². The predicted molar refractivity (Wildman–Crippen MR) is 120 cm³/mol. The zero-order valence-corrected chi connectivity index (χ0v) is 19.6. The van der Waals surface area contributed by atoms with Crippen molar-refractivity contribution in [3.63, 3.8) is 0 Å². The lowest BCUT2D eigenvalue weighted by molar-refractivity contribution is -0.121. The van der Waals surface area contributed by atoms with E-state index >= 15 is 0 Å². The first-order chi connectivity index (χ1) is 13.3. The van der Waals surface area contributed by atoms with E-state index in [9.17, 15) is 13.6 Å². The van der Waals surface area contributed by atoms with Gasteiger partial charge in [0.2, 0.25) is 5.91 Å². The van der Waals surface area contributed by atoms with Crippen LogP contribution in [0, 0.1) is 0 Å². The topological polar surface area (TPSA) is 84.0 Å². The smallest absolute Gasteiger partial charge is 0.387 e. The van der Waals surface area contributed by atoms with Crippen LogP contribution < -0.4 is 25.4 Å². The summed E-state index contributed by atoms with van der Waals surface area (Å²) in [6.45, 7) is 3.91. The molecule has 29 heavy (non-hydrogen) atoms. The molecular weight excluding hydrogens is 497 g/mol. The lowest BCUT2D eigenvalue weighted by Gasteiger charge is -2.16. The monoisotopic (exact) mass is 528 g/mol. The number of hydrogen-bond acceptors (Lipinski definition) is 4. The summed E-state index contributed by atoms with van der Waals surface area (Å²) < 4.78 is 35.5. The Hall–Kier alpha value is -1.85. The standard InChI is InChI=1S/C19H30F2N4O3.HI/c1-5-10-27-15-7-6-14(16(11-15)28-18(20)21)12-24-19(22-4)23-9-8-17(26)25-13(2)3;/h6-7,11,13,18H,5,8-10,12H2,1-4H3,(H,25,26)(H2,22,23,24);1H. The van der Waals surface area contributed by atoms with Crippen molar-refractivity contribution < 1.29 is 23.0 Å². The summed E-state index contributed by atoms with van der Waals surface area (Å²) in [5.41, 5.74) is 0.532. The molecule has 0 aromatic heterocycles. The molecule has 0 spiro atoms. The number of nitrogens with one attached hydrogen (secondary N) is 3. The fourth-order valence-corrected chi connectivity index (χ4v) is 2.28. The van der Waals surface area contributed by atoms with Crippen LogP contribution in [0.2, 0.25) is 0 Å². The quantitative estimate of drug-likeness (QED) is 0.233. The van der Waals surface area contributed by atoms with Crippen molar-refractivity contribution in [3.05, 3.63) is 23.8 Å². The molecule has 1 amide bonds. The third kappa shape index (κ3) is 11.7. The highest BCUT2D eigenvalue weighted by atomic mass is 127.